The summed E-state index contributed by atoms with van der Waals surface area (Å²) in [6, 6.07) is 15.9. The van der Waals surface area contributed by atoms with Crippen molar-refractivity contribution in [1.82, 2.24) is 14.8 Å². The monoisotopic (exact) mass is 395 g/mol. The number of hydrogen-bond acceptors (Lipinski definition) is 2. The van der Waals surface area contributed by atoms with Crippen LogP contribution in [-0.2, 0) is 6.54 Å². The minimum atomic E-state index is 0.622. The van der Waals surface area contributed by atoms with Crippen LogP contribution in [0.15, 0.2) is 54.9 Å². The highest BCUT2D eigenvalue weighted by Gasteiger charge is 2.06. The fourth-order valence-corrected chi connectivity index (χ4v) is 2.67. The molecule has 0 saturated heterocycles. The molecule has 0 spiro atoms. The van der Waals surface area contributed by atoms with E-state index in [4.69, 9.17) is 11.6 Å². The summed E-state index contributed by atoms with van der Waals surface area (Å²) in [5.74, 6) is 0.732. The smallest absolute Gasteiger partial charge is 0.181 e. The SMILES string of the molecule is Clc1ccccc1Cn1cnc(-c2cccc(I)c2)n1. The molecule has 0 aliphatic rings. The Morgan fingerprint density at radius 1 is 1.10 bits per heavy atom. The lowest BCUT2D eigenvalue weighted by Crippen LogP contribution is -2.00. The van der Waals surface area contributed by atoms with Gasteiger partial charge in [-0.15, -0.1) is 0 Å². The van der Waals surface area contributed by atoms with Gasteiger partial charge in [0.25, 0.3) is 0 Å². The molecular weight excluding hydrogens is 385 g/mol. The van der Waals surface area contributed by atoms with Crippen molar-refractivity contribution in [2.75, 3.05) is 0 Å². The van der Waals surface area contributed by atoms with Crippen molar-refractivity contribution in [3.05, 3.63) is 69.0 Å². The quantitative estimate of drug-likeness (QED) is 0.621. The van der Waals surface area contributed by atoms with E-state index >= 15 is 0 Å². The van der Waals surface area contributed by atoms with Gasteiger partial charge in [0, 0.05) is 14.2 Å². The minimum absolute atomic E-state index is 0.622. The predicted molar refractivity (Wildman–Crippen MR) is 88.7 cm³/mol. The van der Waals surface area contributed by atoms with E-state index in [0.717, 1.165) is 22.0 Å². The molecule has 100 valence electrons. The Morgan fingerprint density at radius 3 is 2.75 bits per heavy atom. The van der Waals surface area contributed by atoms with Crippen LogP contribution < -0.4 is 0 Å². The fourth-order valence-electron chi connectivity index (χ4n) is 1.93. The van der Waals surface area contributed by atoms with E-state index in [0.29, 0.717) is 6.54 Å². The van der Waals surface area contributed by atoms with Crippen LogP contribution in [0.25, 0.3) is 11.4 Å². The van der Waals surface area contributed by atoms with Crippen LogP contribution >= 0.6 is 34.2 Å². The first kappa shape index (κ1) is 13.6. The number of aromatic nitrogens is 3. The maximum absolute atomic E-state index is 6.16. The Bertz CT molecular complexity index is 739. The highest BCUT2D eigenvalue weighted by atomic mass is 127. The zero-order chi connectivity index (χ0) is 13.9. The van der Waals surface area contributed by atoms with Crippen LogP contribution in [0.4, 0.5) is 0 Å². The molecule has 5 heteroatoms. The van der Waals surface area contributed by atoms with Gasteiger partial charge >= 0.3 is 0 Å². The third-order valence-corrected chi connectivity index (χ3v) is 3.95. The molecule has 3 rings (SSSR count). The van der Waals surface area contributed by atoms with Crippen molar-refractivity contribution < 1.29 is 0 Å². The first-order valence-electron chi connectivity index (χ1n) is 6.11. The lowest BCUT2D eigenvalue weighted by molar-refractivity contribution is 0.687. The molecule has 0 unspecified atom stereocenters. The third-order valence-electron chi connectivity index (χ3n) is 2.91. The van der Waals surface area contributed by atoms with Gasteiger partial charge in [-0.25, -0.2) is 9.67 Å². The van der Waals surface area contributed by atoms with E-state index in [1.54, 1.807) is 11.0 Å². The molecule has 3 aromatic rings. The normalized spacial score (nSPS) is 10.7. The lowest BCUT2D eigenvalue weighted by atomic mass is 10.2. The summed E-state index contributed by atoms with van der Waals surface area (Å²) >= 11 is 8.44. The number of rotatable bonds is 3. The summed E-state index contributed by atoms with van der Waals surface area (Å²) in [7, 11) is 0. The van der Waals surface area contributed by atoms with Gasteiger partial charge in [-0.05, 0) is 46.4 Å². The average molecular weight is 396 g/mol. The van der Waals surface area contributed by atoms with Gasteiger partial charge in [-0.2, -0.15) is 5.10 Å². The van der Waals surface area contributed by atoms with Crippen LogP contribution in [0.1, 0.15) is 5.56 Å². The van der Waals surface area contributed by atoms with Gasteiger partial charge in [-0.3, -0.25) is 0 Å². The van der Waals surface area contributed by atoms with E-state index in [1.807, 2.05) is 42.5 Å². The highest BCUT2D eigenvalue weighted by molar-refractivity contribution is 14.1. The third kappa shape index (κ3) is 3.02. The fraction of sp³-hybridized carbons (Fsp3) is 0.0667. The molecule has 20 heavy (non-hydrogen) atoms. The molecule has 0 amide bonds. The number of benzene rings is 2. The molecule has 0 fully saturated rings. The highest BCUT2D eigenvalue weighted by Crippen LogP contribution is 2.19. The van der Waals surface area contributed by atoms with Crippen LogP contribution in [0.5, 0.6) is 0 Å². The zero-order valence-corrected chi connectivity index (χ0v) is 13.4. The summed E-state index contributed by atoms with van der Waals surface area (Å²) < 4.78 is 2.97. The van der Waals surface area contributed by atoms with Crippen molar-refractivity contribution in [2.45, 2.75) is 6.54 Å². The Morgan fingerprint density at radius 2 is 1.95 bits per heavy atom. The average Bonchev–Trinajstić information content (AvgIpc) is 2.90. The van der Waals surface area contributed by atoms with Crippen molar-refractivity contribution in [2.24, 2.45) is 0 Å². The Balaban J connectivity index is 1.86. The molecule has 0 bridgehead atoms. The first-order valence-corrected chi connectivity index (χ1v) is 7.57. The largest absolute Gasteiger partial charge is 0.248 e. The molecular formula is C15H11ClIN3. The molecule has 0 N–H and O–H groups in total. The number of hydrogen-bond donors (Lipinski definition) is 0. The molecule has 2 aromatic carbocycles. The molecule has 0 aliphatic heterocycles. The second-order valence-electron chi connectivity index (χ2n) is 4.37. The molecule has 0 atom stereocenters. The molecule has 0 radical (unpaired) electrons. The summed E-state index contributed by atoms with van der Waals surface area (Å²) in [6.07, 6.45) is 1.73. The predicted octanol–water partition coefficient (Wildman–Crippen LogP) is 4.25. The van der Waals surface area contributed by atoms with Gasteiger partial charge in [0.05, 0.1) is 6.54 Å². The number of halogens is 2. The summed E-state index contributed by atoms with van der Waals surface area (Å²) in [4.78, 5) is 4.36. The molecule has 1 aromatic heterocycles. The van der Waals surface area contributed by atoms with Crippen molar-refractivity contribution in [1.29, 1.82) is 0 Å². The standard InChI is InChI=1S/C15H11ClIN3/c16-14-7-2-1-4-12(14)9-20-10-18-15(19-20)11-5-3-6-13(17)8-11/h1-8,10H,9H2. The Kier molecular flexibility index (Phi) is 4.03. The minimum Gasteiger partial charge on any atom is -0.248 e. The van der Waals surface area contributed by atoms with Crippen LogP contribution in [0, 0.1) is 3.57 Å². The van der Waals surface area contributed by atoms with E-state index < -0.39 is 0 Å². The van der Waals surface area contributed by atoms with Crippen molar-refractivity contribution in [3.8, 4) is 11.4 Å². The maximum Gasteiger partial charge on any atom is 0.181 e. The van der Waals surface area contributed by atoms with Crippen LogP contribution in [0.2, 0.25) is 5.02 Å². The van der Waals surface area contributed by atoms with Gasteiger partial charge in [0.15, 0.2) is 5.82 Å². The van der Waals surface area contributed by atoms with E-state index in [-0.39, 0.29) is 0 Å². The van der Waals surface area contributed by atoms with Crippen LogP contribution in [0.3, 0.4) is 0 Å². The lowest BCUT2D eigenvalue weighted by Gasteiger charge is -2.03. The van der Waals surface area contributed by atoms with E-state index in [2.05, 4.69) is 38.7 Å². The topological polar surface area (TPSA) is 30.7 Å². The molecule has 0 saturated carbocycles. The maximum atomic E-state index is 6.16. The summed E-state index contributed by atoms with van der Waals surface area (Å²) in [5, 5.41) is 5.25. The Labute approximate surface area is 135 Å². The second kappa shape index (κ2) is 5.93. The van der Waals surface area contributed by atoms with Crippen LogP contribution in [-0.4, -0.2) is 14.8 Å². The van der Waals surface area contributed by atoms with Gasteiger partial charge in [-0.1, -0.05) is 41.9 Å². The van der Waals surface area contributed by atoms with Crippen molar-refractivity contribution in [3.63, 3.8) is 0 Å². The summed E-state index contributed by atoms with van der Waals surface area (Å²) in [6.45, 7) is 0.622. The Hall–Kier alpha value is -1.40. The van der Waals surface area contributed by atoms with Crippen molar-refractivity contribution >= 4 is 34.2 Å². The van der Waals surface area contributed by atoms with Gasteiger partial charge in [0.2, 0.25) is 0 Å². The first-order chi connectivity index (χ1) is 9.72. The van der Waals surface area contributed by atoms with E-state index in [9.17, 15) is 0 Å². The van der Waals surface area contributed by atoms with Gasteiger partial charge in [0.1, 0.15) is 6.33 Å². The van der Waals surface area contributed by atoms with E-state index in [1.165, 1.54) is 3.57 Å². The zero-order valence-electron chi connectivity index (χ0n) is 10.5. The molecule has 3 nitrogen and oxygen atoms in total. The molecule has 1 heterocycles. The summed E-state index contributed by atoms with van der Waals surface area (Å²) in [5.41, 5.74) is 2.06. The number of nitrogens with zero attached hydrogens (tertiary/aromatic N) is 3. The van der Waals surface area contributed by atoms with Gasteiger partial charge < -0.3 is 0 Å². The molecule has 0 aliphatic carbocycles. The second-order valence-corrected chi connectivity index (χ2v) is 6.02.